The van der Waals surface area contributed by atoms with Crippen LogP contribution in [0.4, 0.5) is 0 Å². The number of aromatic nitrogens is 2. The molecule has 29 heavy (non-hydrogen) atoms. The lowest BCUT2D eigenvalue weighted by molar-refractivity contribution is 0.0847. The summed E-state index contributed by atoms with van der Waals surface area (Å²) in [6.45, 7) is 1.91. The van der Waals surface area contributed by atoms with E-state index in [2.05, 4.69) is 15.8 Å². The highest BCUT2D eigenvalue weighted by atomic mass is 35.5. The molecule has 0 spiro atoms. The van der Waals surface area contributed by atoms with E-state index < -0.39 is 11.8 Å². The first kappa shape index (κ1) is 18.7. The summed E-state index contributed by atoms with van der Waals surface area (Å²) in [5.41, 5.74) is 8.04. The molecule has 1 heterocycles. The zero-order chi connectivity index (χ0) is 20.4. The average Bonchev–Trinajstić information content (AvgIpc) is 3.07. The predicted molar refractivity (Wildman–Crippen MR) is 112 cm³/mol. The van der Waals surface area contributed by atoms with Gasteiger partial charge in [0.2, 0.25) is 0 Å². The Bertz CT molecular complexity index is 1220. The van der Waals surface area contributed by atoms with Crippen molar-refractivity contribution in [2.24, 2.45) is 0 Å². The lowest BCUT2D eigenvalue weighted by atomic mass is 10.2. The summed E-state index contributed by atoms with van der Waals surface area (Å²) < 4.78 is 2.02. The first-order valence-corrected chi connectivity index (χ1v) is 9.32. The second-order valence-electron chi connectivity index (χ2n) is 6.42. The minimum Gasteiger partial charge on any atom is -0.297 e. The van der Waals surface area contributed by atoms with Crippen LogP contribution in [0.5, 0.6) is 0 Å². The highest BCUT2D eigenvalue weighted by Gasteiger charge is 2.14. The molecule has 2 N–H and O–H groups in total. The van der Waals surface area contributed by atoms with E-state index in [0.717, 1.165) is 17.0 Å². The number of hydrogen-bond acceptors (Lipinski definition) is 3. The molecular weight excluding hydrogens is 388 g/mol. The first-order chi connectivity index (χ1) is 14.0. The van der Waals surface area contributed by atoms with Crippen molar-refractivity contribution >= 4 is 34.4 Å². The summed E-state index contributed by atoms with van der Waals surface area (Å²) in [4.78, 5) is 29.2. The molecule has 144 valence electrons. The maximum atomic E-state index is 12.5. The fraction of sp³-hybridized carbons (Fsp3) is 0.0455. The molecule has 3 aromatic carbocycles. The molecule has 1 aromatic heterocycles. The van der Waals surface area contributed by atoms with Gasteiger partial charge < -0.3 is 0 Å². The molecule has 4 aromatic rings. The largest absolute Gasteiger partial charge is 0.297 e. The number of imidazole rings is 1. The van der Waals surface area contributed by atoms with Gasteiger partial charge in [0, 0.05) is 11.3 Å². The van der Waals surface area contributed by atoms with Crippen LogP contribution in [0.3, 0.4) is 0 Å². The van der Waals surface area contributed by atoms with E-state index in [1.807, 2.05) is 47.9 Å². The Hall–Kier alpha value is -3.64. The molecule has 0 aliphatic heterocycles. The van der Waals surface area contributed by atoms with E-state index in [0.29, 0.717) is 16.1 Å². The van der Waals surface area contributed by atoms with E-state index in [1.54, 1.807) is 36.4 Å². The standard InChI is InChI=1S/C22H17ClN4O2/c1-14-24-19-13-15(11-12-20(19)27(14)16-7-3-2-4-8-16)21(28)25-26-22(29)17-9-5-6-10-18(17)23/h2-13H,1H3,(H,25,28)(H,26,29). The van der Waals surface area contributed by atoms with Crippen molar-refractivity contribution in [2.45, 2.75) is 6.92 Å². The van der Waals surface area contributed by atoms with E-state index in [1.165, 1.54) is 0 Å². The van der Waals surface area contributed by atoms with Gasteiger partial charge in [0.25, 0.3) is 11.8 Å². The van der Waals surface area contributed by atoms with Crippen LogP contribution in [0.25, 0.3) is 16.7 Å². The fourth-order valence-corrected chi connectivity index (χ4v) is 3.36. The summed E-state index contributed by atoms with van der Waals surface area (Å²) in [6, 6.07) is 21.7. The quantitative estimate of drug-likeness (QED) is 0.505. The predicted octanol–water partition coefficient (Wildman–Crippen LogP) is 4.06. The zero-order valence-corrected chi connectivity index (χ0v) is 16.3. The lowest BCUT2D eigenvalue weighted by Gasteiger charge is -2.09. The van der Waals surface area contributed by atoms with Gasteiger partial charge in [-0.1, -0.05) is 41.9 Å². The van der Waals surface area contributed by atoms with Gasteiger partial charge in [-0.15, -0.1) is 0 Å². The summed E-state index contributed by atoms with van der Waals surface area (Å²) in [5.74, 6) is -0.121. The molecule has 4 rings (SSSR count). The maximum Gasteiger partial charge on any atom is 0.271 e. The van der Waals surface area contributed by atoms with Crippen LogP contribution < -0.4 is 10.9 Å². The van der Waals surface area contributed by atoms with Crippen LogP contribution >= 0.6 is 11.6 Å². The summed E-state index contributed by atoms with van der Waals surface area (Å²) in [7, 11) is 0. The highest BCUT2D eigenvalue weighted by molar-refractivity contribution is 6.33. The summed E-state index contributed by atoms with van der Waals surface area (Å²) in [6.07, 6.45) is 0. The average molecular weight is 405 g/mol. The van der Waals surface area contributed by atoms with Crippen molar-refractivity contribution < 1.29 is 9.59 Å². The number of benzene rings is 3. The Labute approximate surface area is 172 Å². The van der Waals surface area contributed by atoms with Crippen LogP contribution in [0.15, 0.2) is 72.8 Å². The Morgan fingerprint density at radius 3 is 2.34 bits per heavy atom. The lowest BCUT2D eigenvalue weighted by Crippen LogP contribution is -2.41. The smallest absolute Gasteiger partial charge is 0.271 e. The number of amides is 2. The SMILES string of the molecule is Cc1nc2cc(C(=O)NNC(=O)c3ccccc3Cl)ccc2n1-c1ccccc1. The number of carbonyl (C=O) groups is 2. The van der Waals surface area contributed by atoms with Crippen molar-refractivity contribution in [1.29, 1.82) is 0 Å². The van der Waals surface area contributed by atoms with Crippen LogP contribution in [-0.2, 0) is 0 Å². The molecule has 0 saturated carbocycles. The van der Waals surface area contributed by atoms with Crippen molar-refractivity contribution in [3.8, 4) is 5.69 Å². The molecule has 7 heteroatoms. The number of halogens is 1. The van der Waals surface area contributed by atoms with Gasteiger partial charge in [0.15, 0.2) is 0 Å². The molecule has 0 radical (unpaired) electrons. The van der Waals surface area contributed by atoms with Gasteiger partial charge in [-0.25, -0.2) is 4.98 Å². The van der Waals surface area contributed by atoms with Crippen molar-refractivity contribution in [1.82, 2.24) is 20.4 Å². The molecule has 0 saturated heterocycles. The third-order valence-corrected chi connectivity index (χ3v) is 4.84. The minimum atomic E-state index is -0.491. The van der Waals surface area contributed by atoms with Gasteiger partial charge in [-0.2, -0.15) is 0 Å². The third-order valence-electron chi connectivity index (χ3n) is 4.51. The van der Waals surface area contributed by atoms with E-state index >= 15 is 0 Å². The number of fused-ring (bicyclic) bond motifs is 1. The van der Waals surface area contributed by atoms with E-state index in [-0.39, 0.29) is 5.56 Å². The fourth-order valence-electron chi connectivity index (χ4n) is 3.14. The van der Waals surface area contributed by atoms with Crippen LogP contribution in [0.2, 0.25) is 5.02 Å². The Kier molecular flexibility index (Phi) is 5.01. The molecular formula is C22H17ClN4O2. The summed E-state index contributed by atoms with van der Waals surface area (Å²) >= 11 is 6.00. The van der Waals surface area contributed by atoms with Gasteiger partial charge in [0.05, 0.1) is 21.6 Å². The number of rotatable bonds is 3. The highest BCUT2D eigenvalue weighted by Crippen LogP contribution is 2.22. The first-order valence-electron chi connectivity index (χ1n) is 8.94. The van der Waals surface area contributed by atoms with Crippen LogP contribution in [0.1, 0.15) is 26.5 Å². The topological polar surface area (TPSA) is 76.0 Å². The minimum absolute atomic E-state index is 0.280. The second-order valence-corrected chi connectivity index (χ2v) is 6.83. The monoisotopic (exact) mass is 404 g/mol. The van der Waals surface area contributed by atoms with Gasteiger partial charge in [-0.3, -0.25) is 25.0 Å². The molecule has 6 nitrogen and oxygen atoms in total. The van der Waals surface area contributed by atoms with Crippen molar-refractivity contribution in [2.75, 3.05) is 0 Å². The van der Waals surface area contributed by atoms with Crippen molar-refractivity contribution in [3.63, 3.8) is 0 Å². The van der Waals surface area contributed by atoms with Gasteiger partial charge >= 0.3 is 0 Å². The molecule has 0 unspecified atom stereocenters. The Morgan fingerprint density at radius 2 is 1.59 bits per heavy atom. The normalized spacial score (nSPS) is 10.7. The summed E-state index contributed by atoms with van der Waals surface area (Å²) in [5, 5.41) is 0.308. The molecule has 0 bridgehead atoms. The van der Waals surface area contributed by atoms with E-state index in [9.17, 15) is 9.59 Å². The number of carbonyl (C=O) groups excluding carboxylic acids is 2. The molecule has 0 atom stereocenters. The second kappa shape index (κ2) is 7.77. The molecule has 0 fully saturated rings. The van der Waals surface area contributed by atoms with Gasteiger partial charge in [0.1, 0.15) is 5.82 Å². The third kappa shape index (κ3) is 3.70. The molecule has 0 aliphatic rings. The van der Waals surface area contributed by atoms with Crippen LogP contribution in [-0.4, -0.2) is 21.4 Å². The number of para-hydroxylation sites is 1. The Balaban J connectivity index is 1.55. The molecule has 0 aliphatic carbocycles. The number of aryl methyl sites for hydroxylation is 1. The van der Waals surface area contributed by atoms with Crippen LogP contribution in [0, 0.1) is 6.92 Å². The van der Waals surface area contributed by atoms with Crippen molar-refractivity contribution in [3.05, 3.63) is 94.8 Å². The number of nitrogens with one attached hydrogen (secondary N) is 2. The van der Waals surface area contributed by atoms with E-state index in [4.69, 9.17) is 11.6 Å². The number of nitrogens with zero attached hydrogens (tertiary/aromatic N) is 2. The number of hydrogen-bond donors (Lipinski definition) is 2. The Morgan fingerprint density at radius 1 is 0.897 bits per heavy atom. The number of hydrazine groups is 1. The zero-order valence-electron chi connectivity index (χ0n) is 15.5. The molecule has 2 amide bonds. The maximum absolute atomic E-state index is 12.5. The van der Waals surface area contributed by atoms with Gasteiger partial charge in [-0.05, 0) is 49.4 Å².